The molecular formula is C19H11BrClF3N4O2. The van der Waals surface area contributed by atoms with E-state index in [1.165, 1.54) is 12.1 Å². The molecule has 30 heavy (non-hydrogen) atoms. The van der Waals surface area contributed by atoms with E-state index in [4.69, 9.17) is 17.0 Å². The van der Waals surface area contributed by atoms with Crippen LogP contribution in [0.15, 0.2) is 28.7 Å². The van der Waals surface area contributed by atoms with Gasteiger partial charge in [-0.25, -0.2) is 17.7 Å². The second-order valence-corrected chi connectivity index (χ2v) is 7.48. The molecule has 1 N–H and O–H groups in total. The zero-order valence-electron chi connectivity index (χ0n) is 15.1. The van der Waals surface area contributed by atoms with Crippen molar-refractivity contribution in [1.82, 2.24) is 9.13 Å². The van der Waals surface area contributed by atoms with Crippen molar-refractivity contribution in [3.05, 3.63) is 61.9 Å². The Bertz CT molecular complexity index is 1320. The Balaban J connectivity index is 2.45. The van der Waals surface area contributed by atoms with Gasteiger partial charge in [0.15, 0.2) is 5.78 Å². The first-order chi connectivity index (χ1) is 14.1. The third-order valence-electron chi connectivity index (χ3n) is 4.36. The number of imidazole rings is 1. The van der Waals surface area contributed by atoms with Crippen LogP contribution in [0.3, 0.4) is 0 Å². The minimum absolute atomic E-state index is 0.0131. The summed E-state index contributed by atoms with van der Waals surface area (Å²) in [6.07, 6.45) is -2.83. The Morgan fingerprint density at radius 2 is 2.00 bits per heavy atom. The number of nitrogens with one attached hydrogen (secondary N) is 1. The molecule has 0 unspecified atom stereocenters. The molecule has 0 aliphatic heterocycles. The van der Waals surface area contributed by atoms with Gasteiger partial charge in [0.2, 0.25) is 11.5 Å². The maximum atomic E-state index is 13.7. The molecule has 0 bridgehead atoms. The van der Waals surface area contributed by atoms with E-state index < -0.39 is 36.1 Å². The summed E-state index contributed by atoms with van der Waals surface area (Å²) < 4.78 is 41.5. The van der Waals surface area contributed by atoms with Crippen molar-refractivity contribution in [1.29, 1.82) is 10.7 Å². The first-order valence-electron chi connectivity index (χ1n) is 8.29. The minimum atomic E-state index is -2.83. The Morgan fingerprint density at radius 3 is 2.57 bits per heavy atom. The van der Waals surface area contributed by atoms with Gasteiger partial charge in [0.25, 0.3) is 6.43 Å². The highest BCUT2D eigenvalue weighted by Gasteiger charge is 2.27. The van der Waals surface area contributed by atoms with Crippen LogP contribution in [0, 0.1) is 22.6 Å². The highest BCUT2D eigenvalue weighted by atomic mass is 79.9. The van der Waals surface area contributed by atoms with Gasteiger partial charge in [0, 0.05) is 17.0 Å². The summed E-state index contributed by atoms with van der Waals surface area (Å²) >= 11 is 9.17. The van der Waals surface area contributed by atoms with Crippen LogP contribution in [0.4, 0.5) is 13.2 Å². The number of nitrogens with zero attached hydrogens (tertiary/aromatic N) is 3. The van der Waals surface area contributed by atoms with Crippen LogP contribution in [0.25, 0.3) is 11.0 Å². The number of rotatable bonds is 4. The third kappa shape index (κ3) is 3.55. The molecule has 154 valence electrons. The summed E-state index contributed by atoms with van der Waals surface area (Å²) in [7, 11) is 0. The molecule has 6 nitrogen and oxygen atoms in total. The van der Waals surface area contributed by atoms with Crippen LogP contribution in [0.5, 0.6) is 0 Å². The second kappa shape index (κ2) is 8.08. The van der Waals surface area contributed by atoms with Gasteiger partial charge in [0.1, 0.15) is 11.9 Å². The molecule has 0 amide bonds. The lowest BCUT2D eigenvalue weighted by Crippen LogP contribution is -2.29. The van der Waals surface area contributed by atoms with Crippen molar-refractivity contribution in [3.63, 3.8) is 0 Å². The Labute approximate surface area is 180 Å². The molecule has 11 heteroatoms. The molecule has 0 radical (unpaired) electrons. The van der Waals surface area contributed by atoms with Gasteiger partial charge in [0.05, 0.1) is 33.7 Å². The van der Waals surface area contributed by atoms with Crippen LogP contribution in [0.2, 0.25) is 5.02 Å². The Kier molecular flexibility index (Phi) is 5.87. The number of ketones is 1. The second-order valence-electron chi connectivity index (χ2n) is 6.22. The van der Waals surface area contributed by atoms with E-state index in [1.54, 1.807) is 0 Å². The van der Waals surface area contributed by atoms with Gasteiger partial charge in [-0.1, -0.05) is 11.6 Å². The average molecular weight is 500 g/mol. The zero-order chi connectivity index (χ0) is 22.3. The molecule has 3 rings (SSSR count). The van der Waals surface area contributed by atoms with Crippen LogP contribution in [0.1, 0.15) is 33.2 Å². The number of nitriles is 1. The number of aromatic nitrogens is 2. The van der Waals surface area contributed by atoms with E-state index >= 15 is 0 Å². The topological polar surface area (TPSA) is 91.6 Å². The van der Waals surface area contributed by atoms with E-state index in [2.05, 4.69) is 15.9 Å². The highest BCUT2D eigenvalue weighted by molar-refractivity contribution is 9.10. The van der Waals surface area contributed by atoms with Crippen molar-refractivity contribution in [3.8, 4) is 6.07 Å². The summed E-state index contributed by atoms with van der Waals surface area (Å²) in [5, 5.41) is 17.9. The predicted molar refractivity (Wildman–Crippen MR) is 105 cm³/mol. The van der Waals surface area contributed by atoms with Crippen LogP contribution < -0.4 is 5.62 Å². The first kappa shape index (κ1) is 21.8. The van der Waals surface area contributed by atoms with E-state index in [0.29, 0.717) is 0 Å². The number of carbonyl (C=O) groups excluding carboxylic acids is 2. The smallest absolute Gasteiger partial charge is 0.256 e. The Hall–Kier alpha value is -2.90. The number of alkyl halides is 2. The fourth-order valence-electron chi connectivity index (χ4n) is 3.17. The molecule has 0 aliphatic carbocycles. The van der Waals surface area contributed by atoms with E-state index in [1.807, 2.05) is 6.07 Å². The van der Waals surface area contributed by atoms with Crippen molar-refractivity contribution in [2.24, 2.45) is 0 Å². The molecule has 0 aliphatic rings. The molecule has 1 aromatic heterocycles. The maximum Gasteiger partial charge on any atom is 0.256 e. The summed E-state index contributed by atoms with van der Waals surface area (Å²) in [6.45, 7) is 0.203. The number of halogens is 5. The van der Waals surface area contributed by atoms with Crippen LogP contribution in [-0.4, -0.2) is 27.3 Å². The molecule has 0 atom stereocenters. The maximum absolute atomic E-state index is 13.7. The number of hydrogen-bond acceptors (Lipinski definition) is 4. The SMILES string of the molecule is CC(=O)n1c(=N)n(CC(F)F)c2cc(Br)c(C(=O)c3cc(F)ccc3Cl)c(C#N)c21. The van der Waals surface area contributed by atoms with E-state index in [0.717, 1.165) is 28.2 Å². The highest BCUT2D eigenvalue weighted by Crippen LogP contribution is 2.33. The average Bonchev–Trinajstić information content (AvgIpc) is 2.93. The molecular weight excluding hydrogens is 489 g/mol. The summed E-state index contributed by atoms with van der Waals surface area (Å²) in [5.41, 5.74) is -1.55. The fourth-order valence-corrected chi connectivity index (χ4v) is 3.96. The van der Waals surface area contributed by atoms with Crippen molar-refractivity contribution >= 4 is 50.3 Å². The molecule has 0 spiro atoms. The summed E-state index contributed by atoms with van der Waals surface area (Å²) in [5.74, 6) is -2.25. The van der Waals surface area contributed by atoms with Gasteiger partial charge in [-0.2, -0.15) is 5.26 Å². The number of benzene rings is 2. The zero-order valence-corrected chi connectivity index (χ0v) is 17.5. The van der Waals surface area contributed by atoms with Gasteiger partial charge in [-0.3, -0.25) is 15.0 Å². The van der Waals surface area contributed by atoms with E-state index in [9.17, 15) is 28.0 Å². The van der Waals surface area contributed by atoms with Crippen molar-refractivity contribution in [2.75, 3.05) is 0 Å². The quantitative estimate of drug-likeness (QED) is 0.536. The lowest BCUT2D eigenvalue weighted by molar-refractivity contribution is 0.0928. The molecule has 0 saturated heterocycles. The van der Waals surface area contributed by atoms with Gasteiger partial charge in [-0.05, 0) is 40.2 Å². The van der Waals surface area contributed by atoms with Crippen LogP contribution in [-0.2, 0) is 6.54 Å². The number of carbonyl (C=O) groups is 2. The molecule has 0 saturated carbocycles. The molecule has 2 aromatic carbocycles. The standard InChI is InChI=1S/C19H11BrClF3N4O2/c1-8(29)28-17-11(6-25)16(18(30)10-4-9(22)2-3-13(10)21)12(20)5-14(17)27(19(28)26)7-15(23)24/h2-5,15,26H,7H2,1H3. The number of hydrogen-bond donors (Lipinski definition) is 1. The third-order valence-corrected chi connectivity index (χ3v) is 5.32. The predicted octanol–water partition coefficient (Wildman–Crippen LogP) is 4.51. The van der Waals surface area contributed by atoms with Gasteiger partial charge in [-0.15, -0.1) is 0 Å². The van der Waals surface area contributed by atoms with Crippen molar-refractivity contribution in [2.45, 2.75) is 19.9 Å². The van der Waals surface area contributed by atoms with Crippen molar-refractivity contribution < 1.29 is 22.8 Å². The minimum Gasteiger partial charge on any atom is -0.304 e. The largest absolute Gasteiger partial charge is 0.304 e. The fraction of sp³-hybridized carbons (Fsp3) is 0.158. The number of fused-ring (bicyclic) bond motifs is 1. The lowest BCUT2D eigenvalue weighted by Gasteiger charge is -2.11. The summed E-state index contributed by atoms with van der Waals surface area (Å²) in [4.78, 5) is 25.3. The molecule has 1 heterocycles. The Morgan fingerprint density at radius 1 is 1.33 bits per heavy atom. The lowest BCUT2D eigenvalue weighted by atomic mass is 9.97. The van der Waals surface area contributed by atoms with E-state index in [-0.39, 0.29) is 37.2 Å². The molecule has 0 fully saturated rings. The van der Waals surface area contributed by atoms with Crippen LogP contribution >= 0.6 is 27.5 Å². The van der Waals surface area contributed by atoms with Gasteiger partial charge >= 0.3 is 0 Å². The monoisotopic (exact) mass is 498 g/mol. The normalized spacial score (nSPS) is 11.1. The first-order valence-corrected chi connectivity index (χ1v) is 9.46. The molecule has 3 aromatic rings. The van der Waals surface area contributed by atoms with Gasteiger partial charge < -0.3 is 4.57 Å². The summed E-state index contributed by atoms with van der Waals surface area (Å²) in [6, 6.07) is 6.21.